The summed E-state index contributed by atoms with van der Waals surface area (Å²) in [5, 5.41) is 10.5. The molecular weight excluding hydrogens is 272 g/mol. The summed E-state index contributed by atoms with van der Waals surface area (Å²) in [5.41, 5.74) is 2.35. The van der Waals surface area contributed by atoms with Gasteiger partial charge < -0.3 is 5.32 Å². The van der Waals surface area contributed by atoms with Gasteiger partial charge in [-0.05, 0) is 62.8 Å². The molecule has 0 saturated heterocycles. The van der Waals surface area contributed by atoms with E-state index in [1.165, 1.54) is 22.9 Å². The van der Waals surface area contributed by atoms with E-state index < -0.39 is 0 Å². The van der Waals surface area contributed by atoms with Crippen molar-refractivity contribution < 1.29 is 0 Å². The van der Waals surface area contributed by atoms with Crippen molar-refractivity contribution in [3.05, 3.63) is 39.8 Å². The van der Waals surface area contributed by atoms with Crippen molar-refractivity contribution >= 4 is 11.8 Å². The highest BCUT2D eigenvalue weighted by atomic mass is 32.2. The van der Waals surface area contributed by atoms with Crippen molar-refractivity contribution in [2.24, 2.45) is 0 Å². The number of nitrogens with zero attached hydrogens (tertiary/aromatic N) is 2. The second kappa shape index (κ2) is 6.28. The molecule has 20 heavy (non-hydrogen) atoms. The lowest BCUT2D eigenvalue weighted by molar-refractivity contribution is 0.534. The molecule has 1 aromatic heterocycles. The molecule has 0 aliphatic carbocycles. The van der Waals surface area contributed by atoms with Crippen LogP contribution in [0.25, 0.3) is 0 Å². The smallest absolute Gasteiger partial charge is 0.316 e. The summed E-state index contributed by atoms with van der Waals surface area (Å²) < 4.78 is 1.67. The predicted molar refractivity (Wildman–Crippen MR) is 81.3 cm³/mol. The van der Waals surface area contributed by atoms with Crippen molar-refractivity contribution in [3.8, 4) is 0 Å². The SMILES string of the molecule is CNCc1ccc(Sc2n[nH]c(=O)n2C(C)C)cc1C. The van der Waals surface area contributed by atoms with Crippen molar-refractivity contribution in [1.82, 2.24) is 20.1 Å². The Bertz CT molecular complexity index is 645. The number of hydrogen-bond acceptors (Lipinski definition) is 4. The number of aryl methyl sites for hydroxylation is 1. The first-order chi connectivity index (χ1) is 9.52. The van der Waals surface area contributed by atoms with Gasteiger partial charge in [-0.3, -0.25) is 4.57 Å². The molecule has 0 spiro atoms. The van der Waals surface area contributed by atoms with Gasteiger partial charge in [0.15, 0.2) is 5.16 Å². The van der Waals surface area contributed by atoms with Crippen LogP contribution >= 0.6 is 11.8 Å². The van der Waals surface area contributed by atoms with E-state index >= 15 is 0 Å². The minimum atomic E-state index is -0.161. The molecule has 0 aliphatic heterocycles. The summed E-state index contributed by atoms with van der Waals surface area (Å²) in [7, 11) is 1.94. The molecule has 5 nitrogen and oxygen atoms in total. The lowest BCUT2D eigenvalue weighted by atomic mass is 10.1. The molecule has 0 radical (unpaired) electrons. The maximum Gasteiger partial charge on any atom is 0.344 e. The Morgan fingerprint density at radius 2 is 2.20 bits per heavy atom. The molecule has 0 bridgehead atoms. The quantitative estimate of drug-likeness (QED) is 0.888. The number of aromatic amines is 1. The standard InChI is InChI=1S/C14H20N4OS/c1-9(2)18-13(19)16-17-14(18)20-12-6-5-11(8-15-4)10(3)7-12/h5-7,9,15H,8H2,1-4H3,(H,16,19). The number of benzene rings is 1. The van der Waals surface area contributed by atoms with E-state index in [1.807, 2.05) is 20.9 Å². The van der Waals surface area contributed by atoms with E-state index in [0.717, 1.165) is 11.4 Å². The number of H-pyrrole nitrogens is 1. The minimum Gasteiger partial charge on any atom is -0.316 e. The Balaban J connectivity index is 2.27. The van der Waals surface area contributed by atoms with Gasteiger partial charge in [0.1, 0.15) is 0 Å². The highest BCUT2D eigenvalue weighted by Gasteiger charge is 2.13. The maximum absolute atomic E-state index is 11.7. The van der Waals surface area contributed by atoms with Crippen molar-refractivity contribution in [2.45, 2.75) is 43.4 Å². The van der Waals surface area contributed by atoms with E-state index in [9.17, 15) is 4.79 Å². The monoisotopic (exact) mass is 292 g/mol. The average Bonchev–Trinajstić information content (AvgIpc) is 2.74. The summed E-state index contributed by atoms with van der Waals surface area (Å²) in [6.07, 6.45) is 0. The number of aromatic nitrogens is 3. The average molecular weight is 292 g/mol. The van der Waals surface area contributed by atoms with Gasteiger partial charge in [-0.2, -0.15) is 0 Å². The third kappa shape index (κ3) is 3.13. The van der Waals surface area contributed by atoms with Crippen LogP contribution in [-0.4, -0.2) is 21.8 Å². The number of hydrogen-bond donors (Lipinski definition) is 2. The molecule has 6 heteroatoms. The molecule has 0 fully saturated rings. The molecule has 1 heterocycles. The van der Waals surface area contributed by atoms with Crippen LogP contribution in [0.5, 0.6) is 0 Å². The van der Waals surface area contributed by atoms with Gasteiger partial charge in [-0.25, -0.2) is 9.89 Å². The minimum absolute atomic E-state index is 0.0911. The van der Waals surface area contributed by atoms with Gasteiger partial charge in [-0.1, -0.05) is 6.07 Å². The Kier molecular flexibility index (Phi) is 4.67. The molecule has 2 aromatic rings. The zero-order valence-electron chi connectivity index (χ0n) is 12.2. The van der Waals surface area contributed by atoms with Crippen LogP contribution in [0.3, 0.4) is 0 Å². The Morgan fingerprint density at radius 1 is 1.45 bits per heavy atom. The normalized spacial score (nSPS) is 11.2. The van der Waals surface area contributed by atoms with Gasteiger partial charge in [0, 0.05) is 17.5 Å². The van der Waals surface area contributed by atoms with Crippen molar-refractivity contribution in [2.75, 3.05) is 7.05 Å². The third-order valence-electron chi connectivity index (χ3n) is 3.08. The fourth-order valence-corrected chi connectivity index (χ4v) is 3.11. The first-order valence-electron chi connectivity index (χ1n) is 6.61. The van der Waals surface area contributed by atoms with E-state index in [1.54, 1.807) is 4.57 Å². The topological polar surface area (TPSA) is 62.7 Å². The molecule has 1 aromatic carbocycles. The van der Waals surface area contributed by atoms with Gasteiger partial charge >= 0.3 is 5.69 Å². The largest absolute Gasteiger partial charge is 0.344 e. The lowest BCUT2D eigenvalue weighted by Crippen LogP contribution is -2.19. The first-order valence-corrected chi connectivity index (χ1v) is 7.43. The second-order valence-electron chi connectivity index (χ2n) is 5.00. The highest BCUT2D eigenvalue weighted by molar-refractivity contribution is 7.99. The summed E-state index contributed by atoms with van der Waals surface area (Å²) >= 11 is 1.50. The molecule has 0 saturated carbocycles. The second-order valence-corrected chi connectivity index (χ2v) is 6.04. The lowest BCUT2D eigenvalue weighted by Gasteiger charge is -2.10. The molecule has 0 amide bonds. The fourth-order valence-electron chi connectivity index (χ4n) is 2.04. The highest BCUT2D eigenvalue weighted by Crippen LogP contribution is 2.28. The van der Waals surface area contributed by atoms with Crippen LogP contribution < -0.4 is 11.0 Å². The number of nitrogens with one attached hydrogen (secondary N) is 2. The molecule has 0 aliphatic rings. The zero-order chi connectivity index (χ0) is 14.7. The molecular formula is C14H20N4OS. The Labute approximate surface area is 122 Å². The van der Waals surface area contributed by atoms with E-state index in [0.29, 0.717) is 5.16 Å². The summed E-state index contributed by atoms with van der Waals surface area (Å²) in [4.78, 5) is 12.8. The molecule has 0 unspecified atom stereocenters. The van der Waals surface area contributed by atoms with Gasteiger partial charge in [0.2, 0.25) is 0 Å². The first kappa shape index (κ1) is 14.9. The third-order valence-corrected chi connectivity index (χ3v) is 4.04. The summed E-state index contributed by atoms with van der Waals surface area (Å²) in [6, 6.07) is 6.39. The van der Waals surface area contributed by atoms with Crippen LogP contribution in [0.2, 0.25) is 0 Å². The van der Waals surface area contributed by atoms with Crippen LogP contribution in [0.15, 0.2) is 33.0 Å². The summed E-state index contributed by atoms with van der Waals surface area (Å²) in [6.45, 7) is 6.90. The van der Waals surface area contributed by atoms with Crippen LogP contribution in [0, 0.1) is 6.92 Å². The van der Waals surface area contributed by atoms with Crippen LogP contribution in [0.4, 0.5) is 0 Å². The molecule has 2 N–H and O–H groups in total. The molecule has 0 atom stereocenters. The van der Waals surface area contributed by atoms with Crippen molar-refractivity contribution in [3.63, 3.8) is 0 Å². The number of rotatable bonds is 5. The Morgan fingerprint density at radius 3 is 2.80 bits per heavy atom. The predicted octanol–water partition coefficient (Wildman–Crippen LogP) is 2.33. The Hall–Kier alpha value is -1.53. The van der Waals surface area contributed by atoms with Crippen LogP contribution in [0.1, 0.15) is 31.0 Å². The fraction of sp³-hybridized carbons (Fsp3) is 0.429. The molecule has 108 valence electrons. The van der Waals surface area contributed by atoms with Crippen LogP contribution in [-0.2, 0) is 6.54 Å². The molecule has 2 rings (SSSR count). The van der Waals surface area contributed by atoms with E-state index in [2.05, 4.69) is 40.6 Å². The van der Waals surface area contributed by atoms with E-state index in [-0.39, 0.29) is 11.7 Å². The van der Waals surface area contributed by atoms with Gasteiger partial charge in [0.05, 0.1) is 0 Å². The summed E-state index contributed by atoms with van der Waals surface area (Å²) in [5.74, 6) is 0. The van der Waals surface area contributed by atoms with Gasteiger partial charge in [-0.15, -0.1) is 5.10 Å². The van der Waals surface area contributed by atoms with E-state index in [4.69, 9.17) is 0 Å². The van der Waals surface area contributed by atoms with Gasteiger partial charge in [0.25, 0.3) is 0 Å². The van der Waals surface area contributed by atoms with Crippen molar-refractivity contribution in [1.29, 1.82) is 0 Å². The zero-order valence-corrected chi connectivity index (χ0v) is 13.0. The maximum atomic E-state index is 11.7.